The van der Waals surface area contributed by atoms with Crippen LogP contribution in [0.25, 0.3) is 0 Å². The van der Waals surface area contributed by atoms with E-state index in [9.17, 15) is 9.59 Å². The summed E-state index contributed by atoms with van der Waals surface area (Å²) in [6.45, 7) is 3.98. The van der Waals surface area contributed by atoms with Crippen LogP contribution in [0.3, 0.4) is 0 Å². The Labute approximate surface area is 164 Å². The van der Waals surface area contributed by atoms with Crippen LogP contribution in [-0.4, -0.2) is 38.4 Å². The third-order valence-electron chi connectivity index (χ3n) is 5.22. The summed E-state index contributed by atoms with van der Waals surface area (Å²) < 4.78 is 3.81. The largest absolute Gasteiger partial charge is 0.351 e. The summed E-state index contributed by atoms with van der Waals surface area (Å²) in [4.78, 5) is 28.2. The maximum atomic E-state index is 13.3. The number of rotatable bonds is 7. The number of benzene rings is 1. The summed E-state index contributed by atoms with van der Waals surface area (Å²) in [7, 11) is 0. The van der Waals surface area contributed by atoms with E-state index in [4.69, 9.17) is 0 Å². The van der Waals surface area contributed by atoms with Gasteiger partial charge in [-0.05, 0) is 43.3 Å². The molecule has 3 rings (SSSR count). The molecule has 1 aromatic heterocycles. The summed E-state index contributed by atoms with van der Waals surface area (Å²) in [5.41, 5.74) is 1.10. The molecule has 0 bridgehead atoms. The SMILES string of the molecule is CC[C@@H](C)N(C(=O)c1csnn1)[C@H](C(=O)NC1CCCC1)c1ccccc1. The van der Waals surface area contributed by atoms with Gasteiger partial charge in [-0.2, -0.15) is 0 Å². The summed E-state index contributed by atoms with van der Waals surface area (Å²) in [5.74, 6) is -0.376. The third-order valence-corrected chi connectivity index (χ3v) is 5.73. The number of nitrogens with one attached hydrogen (secondary N) is 1. The lowest BCUT2D eigenvalue weighted by Crippen LogP contribution is -2.49. The van der Waals surface area contributed by atoms with E-state index in [-0.39, 0.29) is 29.6 Å². The molecule has 0 spiro atoms. The lowest BCUT2D eigenvalue weighted by atomic mass is 10.0. The number of hydrogen-bond donors (Lipinski definition) is 1. The van der Waals surface area contributed by atoms with E-state index in [1.807, 2.05) is 44.2 Å². The molecule has 144 valence electrons. The first kappa shape index (κ1) is 19.5. The second-order valence-electron chi connectivity index (χ2n) is 7.06. The first-order valence-corrected chi connectivity index (χ1v) is 10.4. The smallest absolute Gasteiger partial charge is 0.276 e. The van der Waals surface area contributed by atoms with Crippen molar-refractivity contribution in [1.82, 2.24) is 19.8 Å². The van der Waals surface area contributed by atoms with Gasteiger partial charge in [-0.1, -0.05) is 54.6 Å². The van der Waals surface area contributed by atoms with Crippen molar-refractivity contribution in [2.24, 2.45) is 0 Å². The van der Waals surface area contributed by atoms with E-state index >= 15 is 0 Å². The van der Waals surface area contributed by atoms with Crippen LogP contribution in [-0.2, 0) is 4.79 Å². The molecule has 6 nitrogen and oxygen atoms in total. The highest BCUT2D eigenvalue weighted by Crippen LogP contribution is 2.28. The monoisotopic (exact) mass is 386 g/mol. The van der Waals surface area contributed by atoms with Crippen LogP contribution in [0.2, 0.25) is 0 Å². The fraction of sp³-hybridized carbons (Fsp3) is 0.500. The van der Waals surface area contributed by atoms with Crippen LogP contribution in [0.1, 0.15) is 68.0 Å². The maximum absolute atomic E-state index is 13.3. The standard InChI is InChI=1S/C20H26N4O2S/c1-3-14(2)24(20(26)17-13-27-23-22-17)18(15-9-5-4-6-10-15)19(25)21-16-11-7-8-12-16/h4-6,9-10,13-14,16,18H,3,7-8,11-12H2,1-2H3,(H,21,25)/t14-,18+/m1/s1. The number of amides is 2. The van der Waals surface area contributed by atoms with Gasteiger partial charge in [-0.3, -0.25) is 9.59 Å². The zero-order valence-electron chi connectivity index (χ0n) is 15.8. The number of aromatic nitrogens is 2. The van der Waals surface area contributed by atoms with Crippen molar-refractivity contribution >= 4 is 23.3 Å². The Bertz CT molecular complexity index is 745. The molecule has 0 radical (unpaired) electrons. The molecule has 1 aromatic carbocycles. The highest BCUT2D eigenvalue weighted by Gasteiger charge is 2.36. The van der Waals surface area contributed by atoms with Gasteiger partial charge < -0.3 is 10.2 Å². The topological polar surface area (TPSA) is 75.2 Å². The molecule has 1 aliphatic rings. The zero-order valence-corrected chi connectivity index (χ0v) is 16.6. The van der Waals surface area contributed by atoms with E-state index < -0.39 is 6.04 Å². The van der Waals surface area contributed by atoms with Gasteiger partial charge in [-0.15, -0.1) is 5.10 Å². The zero-order chi connectivity index (χ0) is 19.2. The molecule has 2 aromatic rings. The van der Waals surface area contributed by atoms with Gasteiger partial charge in [0.05, 0.1) is 0 Å². The molecule has 0 unspecified atom stereocenters. The number of carbonyl (C=O) groups excluding carboxylic acids is 2. The van der Waals surface area contributed by atoms with Crippen molar-refractivity contribution in [3.05, 3.63) is 47.0 Å². The van der Waals surface area contributed by atoms with Crippen LogP contribution >= 0.6 is 11.5 Å². The fourth-order valence-electron chi connectivity index (χ4n) is 3.58. The molecule has 0 aliphatic heterocycles. The van der Waals surface area contributed by atoms with Crippen molar-refractivity contribution in [2.45, 2.75) is 64.1 Å². The van der Waals surface area contributed by atoms with Crippen LogP contribution in [0.5, 0.6) is 0 Å². The molecular formula is C20H26N4O2S. The first-order chi connectivity index (χ1) is 13.1. The fourth-order valence-corrected chi connectivity index (χ4v) is 4.01. The molecule has 1 saturated carbocycles. The molecule has 1 fully saturated rings. The lowest BCUT2D eigenvalue weighted by Gasteiger charge is -2.35. The molecule has 1 N–H and O–H groups in total. The molecule has 7 heteroatoms. The van der Waals surface area contributed by atoms with Gasteiger partial charge in [0, 0.05) is 17.5 Å². The van der Waals surface area contributed by atoms with Crippen LogP contribution in [0.15, 0.2) is 35.7 Å². The van der Waals surface area contributed by atoms with Crippen molar-refractivity contribution < 1.29 is 9.59 Å². The molecule has 27 heavy (non-hydrogen) atoms. The highest BCUT2D eigenvalue weighted by molar-refractivity contribution is 7.03. The Morgan fingerprint density at radius 3 is 2.56 bits per heavy atom. The van der Waals surface area contributed by atoms with Gasteiger partial charge in [0.15, 0.2) is 5.69 Å². The quantitative estimate of drug-likeness (QED) is 0.789. The minimum absolute atomic E-state index is 0.112. The van der Waals surface area contributed by atoms with Gasteiger partial charge in [0.2, 0.25) is 5.91 Å². The molecular weight excluding hydrogens is 360 g/mol. The van der Waals surface area contributed by atoms with E-state index in [1.165, 1.54) is 0 Å². The minimum Gasteiger partial charge on any atom is -0.351 e. The van der Waals surface area contributed by atoms with E-state index in [1.54, 1.807) is 10.3 Å². The predicted molar refractivity (Wildman–Crippen MR) is 105 cm³/mol. The minimum atomic E-state index is -0.684. The predicted octanol–water partition coefficient (Wildman–Crippen LogP) is 3.58. The summed E-state index contributed by atoms with van der Waals surface area (Å²) in [6.07, 6.45) is 5.02. The molecule has 1 heterocycles. The number of carbonyl (C=O) groups is 2. The lowest BCUT2D eigenvalue weighted by molar-refractivity contribution is -0.127. The highest BCUT2D eigenvalue weighted by atomic mass is 32.1. The van der Waals surface area contributed by atoms with Crippen molar-refractivity contribution in [3.63, 3.8) is 0 Å². The van der Waals surface area contributed by atoms with Gasteiger partial charge >= 0.3 is 0 Å². The number of nitrogens with zero attached hydrogens (tertiary/aromatic N) is 3. The average Bonchev–Trinajstić information content (AvgIpc) is 3.39. The normalized spacial score (nSPS) is 16.7. The Morgan fingerprint density at radius 1 is 1.26 bits per heavy atom. The Morgan fingerprint density at radius 2 is 1.96 bits per heavy atom. The van der Waals surface area contributed by atoms with Crippen molar-refractivity contribution in [1.29, 1.82) is 0 Å². The molecule has 2 amide bonds. The van der Waals surface area contributed by atoms with Crippen molar-refractivity contribution in [3.8, 4) is 0 Å². The van der Waals surface area contributed by atoms with E-state index in [0.29, 0.717) is 0 Å². The number of hydrogen-bond acceptors (Lipinski definition) is 5. The molecule has 0 saturated heterocycles. The Hall–Kier alpha value is -2.28. The van der Waals surface area contributed by atoms with Crippen molar-refractivity contribution in [2.75, 3.05) is 0 Å². The maximum Gasteiger partial charge on any atom is 0.276 e. The second kappa shape index (κ2) is 9.08. The summed E-state index contributed by atoms with van der Waals surface area (Å²) in [5, 5.41) is 8.74. The molecule has 2 atom stereocenters. The summed E-state index contributed by atoms with van der Waals surface area (Å²) >= 11 is 1.14. The van der Waals surface area contributed by atoms with Crippen LogP contribution in [0, 0.1) is 0 Å². The third kappa shape index (κ3) is 4.53. The van der Waals surface area contributed by atoms with Crippen LogP contribution < -0.4 is 5.32 Å². The van der Waals surface area contributed by atoms with Gasteiger partial charge in [0.1, 0.15) is 6.04 Å². The average molecular weight is 387 g/mol. The molecule has 1 aliphatic carbocycles. The second-order valence-corrected chi connectivity index (χ2v) is 7.67. The Balaban J connectivity index is 1.96. The van der Waals surface area contributed by atoms with Gasteiger partial charge in [0.25, 0.3) is 5.91 Å². The van der Waals surface area contributed by atoms with Crippen LogP contribution in [0.4, 0.5) is 0 Å². The van der Waals surface area contributed by atoms with Gasteiger partial charge in [-0.25, -0.2) is 0 Å². The Kier molecular flexibility index (Phi) is 6.55. The summed E-state index contributed by atoms with van der Waals surface area (Å²) in [6, 6.07) is 8.91. The first-order valence-electron chi connectivity index (χ1n) is 9.56. The van der Waals surface area contributed by atoms with E-state index in [0.717, 1.165) is 49.2 Å². The van der Waals surface area contributed by atoms with E-state index in [2.05, 4.69) is 14.9 Å².